The monoisotopic (exact) mass is 505 g/mol. The molecule has 6 nitrogen and oxygen atoms in total. The third kappa shape index (κ3) is 7.62. The number of nitrogen functional groups attached to an aromatic ring is 1. The highest BCUT2D eigenvalue weighted by Gasteiger charge is 2.21. The first kappa shape index (κ1) is 26.3. The van der Waals surface area contributed by atoms with E-state index < -0.39 is 0 Å². The molecule has 1 aliphatic rings. The molecule has 34 heavy (non-hydrogen) atoms. The van der Waals surface area contributed by atoms with Gasteiger partial charge < -0.3 is 20.7 Å². The fraction of sp³-hybridized carbons (Fsp3) is 0.462. The van der Waals surface area contributed by atoms with E-state index in [2.05, 4.69) is 10.2 Å². The van der Waals surface area contributed by atoms with Crippen molar-refractivity contribution in [3.05, 3.63) is 57.6 Å². The molecule has 1 fully saturated rings. The highest BCUT2D eigenvalue weighted by atomic mass is 35.5. The number of carbonyl (C=O) groups is 2. The molecule has 184 valence electrons. The number of hydrogen-bond acceptors (Lipinski definition) is 5. The lowest BCUT2D eigenvalue weighted by Gasteiger charge is -2.32. The number of nitrogens with two attached hydrogens (primary N) is 1. The van der Waals surface area contributed by atoms with Crippen LogP contribution >= 0.6 is 23.2 Å². The zero-order valence-electron chi connectivity index (χ0n) is 19.6. The summed E-state index contributed by atoms with van der Waals surface area (Å²) in [7, 11) is 1.51. The average Bonchev–Trinajstić information content (AvgIpc) is 2.84. The maximum absolute atomic E-state index is 12.6. The molecular weight excluding hydrogens is 473 g/mol. The summed E-state index contributed by atoms with van der Waals surface area (Å²) in [6, 6.07) is 10.2. The standard InChI is InChI=1S/C26H33Cl2N3O3/c1-34-25-16-23(29)22(28)15-21(25)26(33)30-17-18-10-13-31(14-11-18)12-4-2-3-5-24(32)19-6-8-20(27)9-7-19/h6-9,15-16,18H,2-5,10-14,17,29H2,1H3,(H,30,33). The van der Waals surface area contributed by atoms with Gasteiger partial charge in [0.25, 0.3) is 5.91 Å². The molecule has 0 atom stereocenters. The second kappa shape index (κ2) is 13.0. The first-order valence-electron chi connectivity index (χ1n) is 11.8. The van der Waals surface area contributed by atoms with Crippen LogP contribution in [0.3, 0.4) is 0 Å². The van der Waals surface area contributed by atoms with E-state index in [0.717, 1.165) is 57.3 Å². The van der Waals surface area contributed by atoms with Crippen LogP contribution in [0, 0.1) is 5.92 Å². The topological polar surface area (TPSA) is 84.7 Å². The number of ketones is 1. The lowest BCUT2D eigenvalue weighted by molar-refractivity contribution is 0.0932. The number of hydrogen-bond donors (Lipinski definition) is 2. The predicted octanol–water partition coefficient (Wildman–Crippen LogP) is 5.47. The van der Waals surface area contributed by atoms with E-state index in [1.807, 2.05) is 0 Å². The van der Waals surface area contributed by atoms with Crippen molar-refractivity contribution in [2.24, 2.45) is 5.92 Å². The van der Waals surface area contributed by atoms with E-state index >= 15 is 0 Å². The number of nitrogens with zero attached hydrogens (tertiary/aromatic N) is 1. The molecule has 0 aromatic heterocycles. The number of halogens is 2. The van der Waals surface area contributed by atoms with Gasteiger partial charge in [-0.2, -0.15) is 0 Å². The summed E-state index contributed by atoms with van der Waals surface area (Å²) in [5.74, 6) is 0.851. The maximum atomic E-state index is 12.6. The van der Waals surface area contributed by atoms with Crippen LogP contribution in [-0.2, 0) is 0 Å². The Hall–Kier alpha value is -2.28. The minimum Gasteiger partial charge on any atom is -0.496 e. The van der Waals surface area contributed by atoms with Crippen LogP contribution in [0.15, 0.2) is 36.4 Å². The van der Waals surface area contributed by atoms with Gasteiger partial charge in [-0.05, 0) is 81.6 Å². The minimum atomic E-state index is -0.200. The van der Waals surface area contributed by atoms with Crippen molar-refractivity contribution in [2.75, 3.05) is 39.0 Å². The number of anilines is 1. The Labute approximate surface area is 211 Å². The highest BCUT2D eigenvalue weighted by molar-refractivity contribution is 6.33. The van der Waals surface area contributed by atoms with Crippen molar-refractivity contribution in [1.29, 1.82) is 0 Å². The number of unbranched alkanes of at least 4 members (excludes halogenated alkanes) is 2. The number of benzene rings is 2. The van der Waals surface area contributed by atoms with Gasteiger partial charge in [0.05, 0.1) is 23.4 Å². The Morgan fingerprint density at radius 1 is 1.09 bits per heavy atom. The lowest BCUT2D eigenvalue weighted by atomic mass is 9.96. The second-order valence-corrected chi connectivity index (χ2v) is 9.65. The first-order valence-corrected chi connectivity index (χ1v) is 12.5. The Morgan fingerprint density at radius 2 is 1.79 bits per heavy atom. The molecule has 2 aromatic carbocycles. The maximum Gasteiger partial charge on any atom is 0.255 e. The molecule has 0 unspecified atom stereocenters. The van der Waals surface area contributed by atoms with Crippen molar-refractivity contribution in [1.82, 2.24) is 10.2 Å². The van der Waals surface area contributed by atoms with Crippen LogP contribution in [0.5, 0.6) is 5.75 Å². The normalized spacial score (nSPS) is 14.7. The summed E-state index contributed by atoms with van der Waals surface area (Å²) in [5.41, 5.74) is 7.31. The van der Waals surface area contributed by atoms with E-state index in [-0.39, 0.29) is 11.7 Å². The largest absolute Gasteiger partial charge is 0.496 e. The molecule has 0 saturated carbocycles. The van der Waals surface area contributed by atoms with Gasteiger partial charge in [0.15, 0.2) is 5.78 Å². The predicted molar refractivity (Wildman–Crippen MR) is 138 cm³/mol. The molecule has 0 bridgehead atoms. The molecule has 3 rings (SSSR count). The second-order valence-electron chi connectivity index (χ2n) is 8.81. The van der Waals surface area contributed by atoms with E-state index in [1.165, 1.54) is 7.11 Å². The van der Waals surface area contributed by atoms with Crippen LogP contribution in [0.4, 0.5) is 5.69 Å². The minimum absolute atomic E-state index is 0.179. The van der Waals surface area contributed by atoms with Crippen molar-refractivity contribution in [2.45, 2.75) is 38.5 Å². The van der Waals surface area contributed by atoms with E-state index in [1.54, 1.807) is 36.4 Å². The zero-order valence-corrected chi connectivity index (χ0v) is 21.1. The van der Waals surface area contributed by atoms with E-state index in [9.17, 15) is 9.59 Å². The van der Waals surface area contributed by atoms with Crippen molar-refractivity contribution in [3.8, 4) is 5.75 Å². The number of nitrogens with one attached hydrogen (secondary N) is 1. The van der Waals surface area contributed by atoms with E-state index in [0.29, 0.717) is 45.9 Å². The zero-order chi connectivity index (χ0) is 24.5. The molecule has 0 radical (unpaired) electrons. The van der Waals surface area contributed by atoms with Gasteiger partial charge in [-0.15, -0.1) is 0 Å². The number of ether oxygens (including phenoxy) is 1. The van der Waals surface area contributed by atoms with Gasteiger partial charge in [0.1, 0.15) is 5.75 Å². The summed E-state index contributed by atoms with van der Waals surface area (Å²) in [4.78, 5) is 27.3. The first-order chi connectivity index (χ1) is 16.4. The summed E-state index contributed by atoms with van der Waals surface area (Å²) in [5, 5.41) is 4.00. The molecule has 8 heteroatoms. The molecule has 1 saturated heterocycles. The van der Waals surface area contributed by atoms with Gasteiger partial charge in [-0.3, -0.25) is 9.59 Å². The van der Waals surface area contributed by atoms with Gasteiger partial charge in [-0.1, -0.05) is 29.6 Å². The van der Waals surface area contributed by atoms with Gasteiger partial charge in [0.2, 0.25) is 0 Å². The van der Waals surface area contributed by atoms with Crippen LogP contribution in [0.2, 0.25) is 10.0 Å². The number of rotatable bonds is 11. The fourth-order valence-corrected chi connectivity index (χ4v) is 4.53. The number of likely N-dealkylation sites (tertiary alicyclic amines) is 1. The van der Waals surface area contributed by atoms with E-state index in [4.69, 9.17) is 33.7 Å². The summed E-state index contributed by atoms with van der Waals surface area (Å²) in [6.07, 6.45) is 5.72. The third-order valence-electron chi connectivity index (χ3n) is 6.37. The fourth-order valence-electron chi connectivity index (χ4n) is 4.24. The Kier molecular flexibility index (Phi) is 10.1. The molecule has 1 aliphatic heterocycles. The molecule has 0 spiro atoms. The molecule has 1 amide bonds. The lowest BCUT2D eigenvalue weighted by Crippen LogP contribution is -2.39. The number of piperidine rings is 1. The van der Waals surface area contributed by atoms with Crippen molar-refractivity contribution >= 4 is 40.6 Å². The van der Waals surface area contributed by atoms with Crippen LogP contribution in [0.25, 0.3) is 0 Å². The molecule has 3 N–H and O–H groups in total. The quantitative estimate of drug-likeness (QED) is 0.240. The highest BCUT2D eigenvalue weighted by Crippen LogP contribution is 2.29. The summed E-state index contributed by atoms with van der Waals surface area (Å²) in [6.45, 7) is 3.74. The number of methoxy groups -OCH3 is 1. The smallest absolute Gasteiger partial charge is 0.255 e. The molecule has 1 heterocycles. The number of Topliss-reactive ketones (excluding diaryl/α,β-unsaturated/α-hetero) is 1. The SMILES string of the molecule is COc1cc(N)c(Cl)cc1C(=O)NCC1CCN(CCCCCC(=O)c2ccc(Cl)cc2)CC1. The Balaban J connectivity index is 1.30. The van der Waals surface area contributed by atoms with Crippen LogP contribution < -0.4 is 15.8 Å². The molecule has 0 aliphatic carbocycles. The van der Waals surface area contributed by atoms with Gasteiger partial charge in [0, 0.05) is 29.6 Å². The molecule has 2 aromatic rings. The van der Waals surface area contributed by atoms with Gasteiger partial charge >= 0.3 is 0 Å². The van der Waals surface area contributed by atoms with Crippen molar-refractivity contribution in [3.63, 3.8) is 0 Å². The summed E-state index contributed by atoms with van der Waals surface area (Å²) < 4.78 is 5.27. The average molecular weight is 506 g/mol. The van der Waals surface area contributed by atoms with Gasteiger partial charge in [-0.25, -0.2) is 0 Å². The van der Waals surface area contributed by atoms with Crippen molar-refractivity contribution < 1.29 is 14.3 Å². The summed E-state index contributed by atoms with van der Waals surface area (Å²) >= 11 is 11.9. The van der Waals surface area contributed by atoms with Crippen LogP contribution in [0.1, 0.15) is 59.2 Å². The Bertz CT molecular complexity index is 974. The number of carbonyl (C=O) groups excluding carboxylic acids is 2. The van der Waals surface area contributed by atoms with Crippen LogP contribution in [-0.4, -0.2) is 49.9 Å². The Morgan fingerprint density at radius 3 is 2.47 bits per heavy atom. The third-order valence-corrected chi connectivity index (χ3v) is 6.95. The molecular formula is C26H33Cl2N3O3. The number of amides is 1.